The van der Waals surface area contributed by atoms with Gasteiger partial charge in [0.1, 0.15) is 11.6 Å². The highest BCUT2D eigenvalue weighted by Gasteiger charge is 2.09. The largest absolute Gasteiger partial charge is 0.439 e. The number of pyridine rings is 1. The van der Waals surface area contributed by atoms with E-state index in [0.717, 1.165) is 0 Å². The second kappa shape index (κ2) is 5.56. The van der Waals surface area contributed by atoms with Gasteiger partial charge in [0, 0.05) is 32.4 Å². The van der Waals surface area contributed by atoms with E-state index < -0.39 is 5.82 Å². The van der Waals surface area contributed by atoms with Crippen LogP contribution in [0.2, 0.25) is 0 Å². The highest BCUT2D eigenvalue weighted by Crippen LogP contribution is 2.23. The Morgan fingerprint density at radius 3 is 2.60 bits per heavy atom. The number of nitrogens with zero attached hydrogens (tertiary/aromatic N) is 2. The summed E-state index contributed by atoms with van der Waals surface area (Å²) in [5.74, 6) is -0.148. The van der Waals surface area contributed by atoms with Crippen molar-refractivity contribution in [2.75, 3.05) is 19.8 Å². The Kier molecular flexibility index (Phi) is 3.84. The number of nitrogens with two attached hydrogens (primary N) is 1. The lowest BCUT2D eigenvalue weighted by Gasteiger charge is -2.10. The number of benzene rings is 1. The summed E-state index contributed by atoms with van der Waals surface area (Å²) in [4.78, 5) is 17.1. The molecule has 0 bridgehead atoms. The predicted molar refractivity (Wildman–Crippen MR) is 73.1 cm³/mol. The predicted octanol–water partition coefficient (Wildman–Crippen LogP) is 2.30. The van der Waals surface area contributed by atoms with Crippen LogP contribution in [0.15, 0.2) is 36.5 Å². The lowest BCUT2D eigenvalue weighted by Crippen LogP contribution is -2.21. The van der Waals surface area contributed by atoms with Gasteiger partial charge in [-0.15, -0.1) is 0 Å². The first-order valence-electron chi connectivity index (χ1n) is 5.88. The second-order valence-corrected chi connectivity index (χ2v) is 4.37. The summed E-state index contributed by atoms with van der Waals surface area (Å²) in [5.41, 5.74) is 5.88. The fraction of sp³-hybridized carbons (Fsp3) is 0.143. The van der Waals surface area contributed by atoms with Crippen molar-refractivity contribution < 1.29 is 13.9 Å². The number of hydrogen-bond donors (Lipinski definition) is 1. The van der Waals surface area contributed by atoms with Gasteiger partial charge in [0.15, 0.2) is 0 Å². The third kappa shape index (κ3) is 3.03. The number of nitrogen functional groups attached to an aromatic ring is 1. The quantitative estimate of drug-likeness (QED) is 0.873. The van der Waals surface area contributed by atoms with E-state index in [1.165, 1.54) is 23.2 Å². The van der Waals surface area contributed by atoms with Gasteiger partial charge < -0.3 is 15.4 Å². The fourth-order valence-electron chi connectivity index (χ4n) is 1.52. The van der Waals surface area contributed by atoms with E-state index >= 15 is 0 Å². The van der Waals surface area contributed by atoms with Gasteiger partial charge in [-0.25, -0.2) is 9.37 Å². The molecule has 104 valence electrons. The molecule has 0 radical (unpaired) electrons. The van der Waals surface area contributed by atoms with Gasteiger partial charge in [-0.3, -0.25) is 4.79 Å². The van der Waals surface area contributed by atoms with Gasteiger partial charge in [0.2, 0.25) is 5.88 Å². The van der Waals surface area contributed by atoms with Gasteiger partial charge in [-0.05, 0) is 18.2 Å². The van der Waals surface area contributed by atoms with Gasteiger partial charge in [0.05, 0.1) is 11.3 Å². The number of hydrogen-bond acceptors (Lipinski definition) is 4. The van der Waals surface area contributed by atoms with E-state index in [1.807, 2.05) is 0 Å². The minimum atomic E-state index is -0.554. The van der Waals surface area contributed by atoms with Crippen LogP contribution in [-0.2, 0) is 0 Å². The molecule has 0 aliphatic rings. The van der Waals surface area contributed by atoms with Crippen molar-refractivity contribution in [1.29, 1.82) is 0 Å². The fourth-order valence-corrected chi connectivity index (χ4v) is 1.52. The summed E-state index contributed by atoms with van der Waals surface area (Å²) in [6, 6.07) is 7.27. The van der Waals surface area contributed by atoms with Crippen molar-refractivity contribution in [3.05, 3.63) is 47.9 Å². The normalized spacial score (nSPS) is 10.2. The highest BCUT2D eigenvalue weighted by molar-refractivity contribution is 5.93. The van der Waals surface area contributed by atoms with Crippen LogP contribution in [0.1, 0.15) is 10.4 Å². The van der Waals surface area contributed by atoms with E-state index in [0.29, 0.717) is 5.56 Å². The number of ether oxygens (including phenoxy) is 1. The molecule has 20 heavy (non-hydrogen) atoms. The lowest BCUT2D eigenvalue weighted by atomic mass is 10.2. The van der Waals surface area contributed by atoms with Gasteiger partial charge >= 0.3 is 0 Å². The van der Waals surface area contributed by atoms with Crippen molar-refractivity contribution in [3.8, 4) is 11.6 Å². The van der Waals surface area contributed by atoms with E-state index in [2.05, 4.69) is 4.98 Å². The second-order valence-electron chi connectivity index (χ2n) is 4.37. The first-order chi connectivity index (χ1) is 9.47. The summed E-state index contributed by atoms with van der Waals surface area (Å²) >= 11 is 0. The molecular formula is C14H14FN3O2. The molecule has 1 aromatic carbocycles. The Bertz CT molecular complexity index is 627. The molecule has 2 N–H and O–H groups in total. The van der Waals surface area contributed by atoms with E-state index in [1.54, 1.807) is 32.3 Å². The summed E-state index contributed by atoms with van der Waals surface area (Å²) < 4.78 is 18.6. The average Bonchev–Trinajstić information content (AvgIpc) is 2.43. The summed E-state index contributed by atoms with van der Waals surface area (Å²) in [6.45, 7) is 0. The maximum Gasteiger partial charge on any atom is 0.254 e. The topological polar surface area (TPSA) is 68.5 Å². The van der Waals surface area contributed by atoms with Crippen molar-refractivity contribution >= 4 is 11.6 Å². The van der Waals surface area contributed by atoms with Crippen LogP contribution in [0.4, 0.5) is 10.1 Å². The number of carbonyl (C=O) groups is 1. The molecule has 0 aliphatic heterocycles. The Labute approximate surface area is 115 Å². The zero-order valence-corrected chi connectivity index (χ0v) is 11.1. The molecule has 0 spiro atoms. The number of amides is 1. The summed E-state index contributed by atoms with van der Waals surface area (Å²) in [7, 11) is 3.31. The number of halogens is 1. The van der Waals surface area contributed by atoms with Crippen LogP contribution in [0.25, 0.3) is 0 Å². The zero-order chi connectivity index (χ0) is 14.7. The Balaban J connectivity index is 2.14. The molecule has 0 unspecified atom stereocenters. The molecule has 0 fully saturated rings. The smallest absolute Gasteiger partial charge is 0.254 e. The maximum absolute atomic E-state index is 13.3. The summed E-state index contributed by atoms with van der Waals surface area (Å²) in [6.07, 6.45) is 1.41. The molecule has 0 saturated heterocycles. The minimum Gasteiger partial charge on any atom is -0.439 e. The maximum atomic E-state index is 13.3. The molecule has 6 heteroatoms. The molecule has 0 aliphatic carbocycles. The molecule has 2 aromatic rings. The first kappa shape index (κ1) is 13.8. The minimum absolute atomic E-state index is 0.0530. The van der Waals surface area contributed by atoms with Crippen molar-refractivity contribution in [1.82, 2.24) is 9.88 Å². The van der Waals surface area contributed by atoms with Crippen LogP contribution in [0, 0.1) is 5.82 Å². The standard InChI is InChI=1S/C14H14FN3O2/c1-18(2)14(19)9-3-6-13(17-8-9)20-10-4-5-12(16)11(15)7-10/h3-8H,16H2,1-2H3. The number of aromatic nitrogens is 1. The first-order valence-corrected chi connectivity index (χ1v) is 5.88. The van der Waals surface area contributed by atoms with E-state index in [4.69, 9.17) is 10.5 Å². The molecule has 0 saturated carbocycles. The molecule has 5 nitrogen and oxygen atoms in total. The SMILES string of the molecule is CN(C)C(=O)c1ccc(Oc2ccc(N)c(F)c2)nc1. The number of rotatable bonds is 3. The molecular weight excluding hydrogens is 261 g/mol. The van der Waals surface area contributed by atoms with Crippen LogP contribution < -0.4 is 10.5 Å². The Morgan fingerprint density at radius 2 is 2.05 bits per heavy atom. The highest BCUT2D eigenvalue weighted by atomic mass is 19.1. The molecule has 1 aromatic heterocycles. The Hall–Kier alpha value is -2.63. The van der Waals surface area contributed by atoms with Crippen molar-refractivity contribution in [2.45, 2.75) is 0 Å². The van der Waals surface area contributed by atoms with E-state index in [9.17, 15) is 9.18 Å². The van der Waals surface area contributed by atoms with Crippen LogP contribution in [0.5, 0.6) is 11.6 Å². The third-order valence-corrected chi connectivity index (χ3v) is 2.58. The third-order valence-electron chi connectivity index (χ3n) is 2.58. The van der Waals surface area contributed by atoms with Crippen LogP contribution in [-0.4, -0.2) is 29.9 Å². The van der Waals surface area contributed by atoms with Gasteiger partial charge in [0.25, 0.3) is 5.91 Å². The molecule has 1 heterocycles. The molecule has 0 atom stereocenters. The molecule has 2 rings (SSSR count). The average molecular weight is 275 g/mol. The van der Waals surface area contributed by atoms with Crippen LogP contribution in [0.3, 0.4) is 0 Å². The summed E-state index contributed by atoms with van der Waals surface area (Å²) in [5, 5.41) is 0. The Morgan fingerprint density at radius 1 is 1.30 bits per heavy atom. The number of anilines is 1. The molecule has 1 amide bonds. The van der Waals surface area contributed by atoms with Crippen molar-refractivity contribution in [2.24, 2.45) is 0 Å². The van der Waals surface area contributed by atoms with Crippen molar-refractivity contribution in [3.63, 3.8) is 0 Å². The van der Waals surface area contributed by atoms with Gasteiger partial charge in [-0.1, -0.05) is 0 Å². The van der Waals surface area contributed by atoms with E-state index in [-0.39, 0.29) is 23.2 Å². The lowest BCUT2D eigenvalue weighted by molar-refractivity contribution is 0.0827. The zero-order valence-electron chi connectivity index (χ0n) is 11.1. The number of carbonyl (C=O) groups excluding carboxylic acids is 1. The van der Waals surface area contributed by atoms with Crippen LogP contribution >= 0.6 is 0 Å². The van der Waals surface area contributed by atoms with Gasteiger partial charge in [-0.2, -0.15) is 0 Å². The monoisotopic (exact) mass is 275 g/mol.